The molecule has 1 rings (SSSR count). The van der Waals surface area contributed by atoms with Crippen LogP contribution in [0.2, 0.25) is 0 Å². The molecule has 0 aliphatic carbocycles. The Balaban J connectivity index is 3.01. The Morgan fingerprint density at radius 2 is 2.04 bits per heavy atom. The van der Waals surface area contributed by atoms with Crippen LogP contribution in [0, 0.1) is 12.3 Å². The standard InChI is InChI=1S/C16H23N2O9P/c1-5-7-17-16(22)25-9-12-14(27-28(4,23)24)13(21)15(26-12)18(11(3)20)8-6-10(2)19/h1,6,8,12-15,21H,7,9H2,2-4H3,(H,17,22)(H,23,24)/b8-6-/t12-,13+,14?,15-/m1/s1. The van der Waals surface area contributed by atoms with Crippen LogP contribution in [-0.2, 0) is 28.2 Å². The van der Waals surface area contributed by atoms with Crippen LogP contribution in [0.4, 0.5) is 4.79 Å². The summed E-state index contributed by atoms with van der Waals surface area (Å²) in [6.07, 6.45) is 0.861. The van der Waals surface area contributed by atoms with Crippen molar-refractivity contribution in [2.75, 3.05) is 19.8 Å². The Hall–Kier alpha value is -2.22. The molecule has 2 unspecified atom stereocenters. The van der Waals surface area contributed by atoms with Crippen LogP contribution in [0.3, 0.4) is 0 Å². The molecule has 0 spiro atoms. The van der Waals surface area contributed by atoms with E-state index >= 15 is 0 Å². The molecule has 0 aromatic carbocycles. The predicted molar refractivity (Wildman–Crippen MR) is 95.8 cm³/mol. The Morgan fingerprint density at radius 1 is 1.39 bits per heavy atom. The van der Waals surface area contributed by atoms with Crippen LogP contribution in [0.1, 0.15) is 13.8 Å². The minimum atomic E-state index is -4.06. The number of nitrogens with zero attached hydrogens (tertiary/aromatic N) is 1. The van der Waals surface area contributed by atoms with Gasteiger partial charge in [-0.1, -0.05) is 5.92 Å². The first-order valence-electron chi connectivity index (χ1n) is 8.10. The molecule has 0 saturated carbocycles. The number of hydrogen-bond donors (Lipinski definition) is 3. The number of aliphatic hydroxyl groups excluding tert-OH is 1. The zero-order valence-electron chi connectivity index (χ0n) is 15.6. The number of ketones is 1. The highest BCUT2D eigenvalue weighted by Crippen LogP contribution is 2.43. The molecule has 0 aromatic heterocycles. The summed E-state index contributed by atoms with van der Waals surface area (Å²) < 4.78 is 27.1. The topological polar surface area (TPSA) is 152 Å². The van der Waals surface area contributed by atoms with Crippen LogP contribution in [0.5, 0.6) is 0 Å². The van der Waals surface area contributed by atoms with Crippen molar-refractivity contribution in [1.29, 1.82) is 0 Å². The van der Waals surface area contributed by atoms with E-state index in [1.165, 1.54) is 13.8 Å². The molecule has 12 heteroatoms. The number of amides is 2. The fraction of sp³-hybridized carbons (Fsp3) is 0.562. The molecule has 1 saturated heterocycles. The first-order chi connectivity index (χ1) is 13.0. The summed E-state index contributed by atoms with van der Waals surface area (Å²) in [5.74, 6) is 1.25. The average Bonchev–Trinajstić information content (AvgIpc) is 2.85. The molecule has 0 bridgehead atoms. The van der Waals surface area contributed by atoms with Gasteiger partial charge < -0.3 is 24.8 Å². The smallest absolute Gasteiger partial charge is 0.407 e. The summed E-state index contributed by atoms with van der Waals surface area (Å²) in [4.78, 5) is 45.0. The van der Waals surface area contributed by atoms with Crippen LogP contribution in [0.15, 0.2) is 12.3 Å². The van der Waals surface area contributed by atoms with Crippen LogP contribution in [0.25, 0.3) is 0 Å². The maximum absolute atomic E-state index is 11.9. The van der Waals surface area contributed by atoms with Gasteiger partial charge in [-0.15, -0.1) is 6.42 Å². The van der Waals surface area contributed by atoms with Gasteiger partial charge in [0.15, 0.2) is 12.0 Å². The molecule has 1 aliphatic heterocycles. The largest absolute Gasteiger partial charge is 0.447 e. The van der Waals surface area contributed by atoms with Crippen molar-refractivity contribution < 1.29 is 42.9 Å². The van der Waals surface area contributed by atoms with Gasteiger partial charge in [-0.05, 0) is 13.0 Å². The molecule has 28 heavy (non-hydrogen) atoms. The maximum Gasteiger partial charge on any atom is 0.407 e. The fourth-order valence-corrected chi connectivity index (χ4v) is 3.04. The Kier molecular flexibility index (Phi) is 8.81. The van der Waals surface area contributed by atoms with Crippen molar-refractivity contribution in [3.8, 4) is 12.3 Å². The van der Waals surface area contributed by atoms with Crippen LogP contribution < -0.4 is 5.32 Å². The van der Waals surface area contributed by atoms with Crippen LogP contribution >= 0.6 is 7.60 Å². The van der Waals surface area contributed by atoms with E-state index in [0.29, 0.717) is 0 Å². The lowest BCUT2D eigenvalue weighted by atomic mass is 10.1. The first-order valence-corrected chi connectivity index (χ1v) is 10.1. The molecule has 0 radical (unpaired) electrons. The Bertz CT molecular complexity index is 711. The minimum absolute atomic E-state index is 0.0791. The van der Waals surface area contributed by atoms with Crippen molar-refractivity contribution in [1.82, 2.24) is 10.2 Å². The summed E-state index contributed by atoms with van der Waals surface area (Å²) >= 11 is 0. The zero-order chi connectivity index (χ0) is 21.5. The van der Waals surface area contributed by atoms with E-state index in [1.807, 2.05) is 0 Å². The van der Waals surface area contributed by atoms with Gasteiger partial charge in [0.05, 0.1) is 6.54 Å². The number of terminal acetylenes is 1. The van der Waals surface area contributed by atoms with E-state index in [2.05, 4.69) is 11.2 Å². The molecule has 1 heterocycles. The number of nitrogens with one attached hydrogen (secondary N) is 1. The lowest BCUT2D eigenvalue weighted by molar-refractivity contribution is -0.143. The minimum Gasteiger partial charge on any atom is -0.447 e. The summed E-state index contributed by atoms with van der Waals surface area (Å²) in [5.41, 5.74) is 0. The van der Waals surface area contributed by atoms with E-state index in [9.17, 15) is 28.9 Å². The third-order valence-corrected chi connectivity index (χ3v) is 4.08. The number of carbonyl (C=O) groups is 3. The lowest BCUT2D eigenvalue weighted by Crippen LogP contribution is -2.44. The highest BCUT2D eigenvalue weighted by molar-refractivity contribution is 7.51. The number of carbonyl (C=O) groups excluding carboxylic acids is 3. The Morgan fingerprint density at radius 3 is 2.54 bits per heavy atom. The normalized spacial score (nSPS) is 26.3. The molecule has 5 atom stereocenters. The summed E-state index contributed by atoms with van der Waals surface area (Å²) in [7, 11) is -4.06. The van der Waals surface area contributed by atoms with Crippen molar-refractivity contribution >= 4 is 25.4 Å². The number of aliphatic hydroxyl groups is 1. The van der Waals surface area contributed by atoms with E-state index in [-0.39, 0.29) is 12.3 Å². The number of allylic oxidation sites excluding steroid dienone is 1. The van der Waals surface area contributed by atoms with Crippen molar-refractivity contribution in [3.63, 3.8) is 0 Å². The molecule has 1 aliphatic rings. The van der Waals surface area contributed by atoms with Gasteiger partial charge in [0.2, 0.25) is 5.91 Å². The second kappa shape index (κ2) is 10.4. The van der Waals surface area contributed by atoms with Gasteiger partial charge in [0, 0.05) is 19.8 Å². The predicted octanol–water partition coefficient (Wildman–Crippen LogP) is -0.417. The highest BCUT2D eigenvalue weighted by atomic mass is 31.2. The fourth-order valence-electron chi connectivity index (χ4n) is 2.33. The second-order valence-corrected chi connectivity index (χ2v) is 7.75. The maximum atomic E-state index is 11.9. The quantitative estimate of drug-likeness (QED) is 0.271. The van der Waals surface area contributed by atoms with E-state index in [4.69, 9.17) is 20.4 Å². The van der Waals surface area contributed by atoms with Crippen molar-refractivity contribution in [3.05, 3.63) is 12.3 Å². The summed E-state index contributed by atoms with van der Waals surface area (Å²) in [6.45, 7) is 2.80. The molecule has 1 fully saturated rings. The average molecular weight is 418 g/mol. The second-order valence-electron chi connectivity index (χ2n) is 5.94. The zero-order valence-corrected chi connectivity index (χ0v) is 16.5. The summed E-state index contributed by atoms with van der Waals surface area (Å²) in [5, 5.41) is 12.7. The number of rotatable bonds is 8. The highest BCUT2D eigenvalue weighted by Gasteiger charge is 2.49. The van der Waals surface area contributed by atoms with E-state index in [1.54, 1.807) is 0 Å². The third kappa shape index (κ3) is 7.42. The molecule has 0 aromatic rings. The molecule has 11 nitrogen and oxygen atoms in total. The third-order valence-electron chi connectivity index (χ3n) is 3.45. The van der Waals surface area contributed by atoms with Gasteiger partial charge >= 0.3 is 13.7 Å². The molecule has 156 valence electrons. The van der Waals surface area contributed by atoms with Gasteiger partial charge in [0.1, 0.15) is 24.9 Å². The molecule has 3 N–H and O–H groups in total. The van der Waals surface area contributed by atoms with Crippen molar-refractivity contribution in [2.24, 2.45) is 0 Å². The van der Waals surface area contributed by atoms with Gasteiger partial charge in [-0.3, -0.25) is 23.6 Å². The number of hydrogen-bond acceptors (Lipinski definition) is 8. The van der Waals surface area contributed by atoms with Crippen molar-refractivity contribution in [2.45, 2.75) is 38.4 Å². The van der Waals surface area contributed by atoms with E-state index < -0.39 is 50.7 Å². The molecule has 2 amide bonds. The Labute approximate surface area is 162 Å². The van der Waals surface area contributed by atoms with Gasteiger partial charge in [-0.2, -0.15) is 0 Å². The molecular weight excluding hydrogens is 395 g/mol. The van der Waals surface area contributed by atoms with Crippen LogP contribution in [-0.4, -0.2) is 77.0 Å². The summed E-state index contributed by atoms with van der Waals surface area (Å²) in [6, 6.07) is 0. The number of alkyl carbamates (subject to hydrolysis) is 1. The first kappa shape index (κ1) is 23.8. The van der Waals surface area contributed by atoms with Gasteiger partial charge in [-0.25, -0.2) is 4.79 Å². The van der Waals surface area contributed by atoms with E-state index in [0.717, 1.165) is 23.8 Å². The SMILES string of the molecule is C#CCNC(=O)OC[C@H]1O[C@@H](N(/C=C\C(C)=O)C(C)=O)[C@@H](O)C1OP(C)(=O)O. The molecular formula is C16H23N2O9P. The number of ether oxygens (including phenoxy) is 2. The lowest BCUT2D eigenvalue weighted by Gasteiger charge is -2.26. The van der Waals surface area contributed by atoms with Gasteiger partial charge in [0.25, 0.3) is 0 Å². The monoisotopic (exact) mass is 418 g/mol.